The minimum Gasteiger partial charge on any atom is -0.360 e. The van der Waals surface area contributed by atoms with Gasteiger partial charge in [0.25, 0.3) is 0 Å². The Bertz CT molecular complexity index is 381. The molecule has 0 aromatic carbocycles. The lowest BCUT2D eigenvalue weighted by Crippen LogP contribution is -2.35. The number of rotatable bonds is 6. The van der Waals surface area contributed by atoms with Gasteiger partial charge in [0.05, 0.1) is 12.2 Å². The van der Waals surface area contributed by atoms with Crippen LogP contribution in [0.15, 0.2) is 10.6 Å². The predicted octanol–water partition coefficient (Wildman–Crippen LogP) is 2.36. The summed E-state index contributed by atoms with van der Waals surface area (Å²) in [6.07, 6.45) is 0. The van der Waals surface area contributed by atoms with Crippen molar-refractivity contribution in [2.45, 2.75) is 39.1 Å². The standard InChI is InChI=1S/C14H25N3OS/c1-11(2)7-15-8-13-6-14(18-16-13)10-17-4-5-19-12(3)9-17/h6,11-12,15H,4-5,7-10H2,1-3H3. The van der Waals surface area contributed by atoms with Crippen LogP contribution in [0.5, 0.6) is 0 Å². The van der Waals surface area contributed by atoms with Crippen molar-refractivity contribution in [3.63, 3.8) is 0 Å². The summed E-state index contributed by atoms with van der Waals surface area (Å²) in [4.78, 5) is 2.45. The molecule has 5 heteroatoms. The Kier molecular flexibility index (Phi) is 5.73. The molecule has 0 spiro atoms. The maximum Gasteiger partial charge on any atom is 0.151 e. The van der Waals surface area contributed by atoms with Crippen molar-refractivity contribution >= 4 is 11.8 Å². The molecule has 0 bridgehead atoms. The molecule has 0 aliphatic carbocycles. The third-order valence-corrected chi connectivity index (χ3v) is 4.31. The normalized spacial score (nSPS) is 21.2. The number of nitrogens with zero attached hydrogens (tertiary/aromatic N) is 2. The maximum atomic E-state index is 5.42. The summed E-state index contributed by atoms with van der Waals surface area (Å²) < 4.78 is 5.42. The molecule has 2 rings (SSSR count). The van der Waals surface area contributed by atoms with Crippen LogP contribution in [0.2, 0.25) is 0 Å². The molecule has 1 atom stereocenters. The molecule has 19 heavy (non-hydrogen) atoms. The highest BCUT2D eigenvalue weighted by Gasteiger charge is 2.18. The zero-order chi connectivity index (χ0) is 13.7. The van der Waals surface area contributed by atoms with E-state index in [4.69, 9.17) is 4.52 Å². The van der Waals surface area contributed by atoms with Crippen molar-refractivity contribution in [3.8, 4) is 0 Å². The molecule has 1 aromatic rings. The van der Waals surface area contributed by atoms with Gasteiger partial charge in [0.1, 0.15) is 0 Å². The molecule has 2 heterocycles. The van der Waals surface area contributed by atoms with Crippen LogP contribution >= 0.6 is 11.8 Å². The lowest BCUT2D eigenvalue weighted by atomic mass is 10.2. The Morgan fingerprint density at radius 3 is 3.16 bits per heavy atom. The quantitative estimate of drug-likeness (QED) is 0.868. The Balaban J connectivity index is 1.77. The van der Waals surface area contributed by atoms with E-state index in [-0.39, 0.29) is 0 Å². The molecule has 108 valence electrons. The van der Waals surface area contributed by atoms with Crippen LogP contribution in [0, 0.1) is 5.92 Å². The van der Waals surface area contributed by atoms with E-state index >= 15 is 0 Å². The Hall–Kier alpha value is -0.520. The monoisotopic (exact) mass is 283 g/mol. The van der Waals surface area contributed by atoms with Crippen molar-refractivity contribution in [2.75, 3.05) is 25.4 Å². The van der Waals surface area contributed by atoms with Crippen molar-refractivity contribution in [1.82, 2.24) is 15.4 Å². The summed E-state index contributed by atoms with van der Waals surface area (Å²) in [7, 11) is 0. The molecule has 0 saturated carbocycles. The highest BCUT2D eigenvalue weighted by atomic mass is 32.2. The van der Waals surface area contributed by atoms with Crippen molar-refractivity contribution in [2.24, 2.45) is 5.92 Å². The number of hydrogen-bond acceptors (Lipinski definition) is 5. The molecule has 0 radical (unpaired) electrons. The van der Waals surface area contributed by atoms with Gasteiger partial charge < -0.3 is 9.84 Å². The first kappa shape index (κ1) is 14.9. The number of nitrogens with one attached hydrogen (secondary N) is 1. The van der Waals surface area contributed by atoms with E-state index in [0.29, 0.717) is 5.92 Å². The smallest absolute Gasteiger partial charge is 0.151 e. The predicted molar refractivity (Wildman–Crippen MR) is 80.2 cm³/mol. The molecule has 1 aliphatic rings. The van der Waals surface area contributed by atoms with Gasteiger partial charge in [-0.15, -0.1) is 0 Å². The van der Waals surface area contributed by atoms with E-state index < -0.39 is 0 Å². The summed E-state index contributed by atoms with van der Waals surface area (Å²) in [6, 6.07) is 2.08. The minimum atomic E-state index is 0.665. The van der Waals surface area contributed by atoms with Crippen LogP contribution in [0.25, 0.3) is 0 Å². The van der Waals surface area contributed by atoms with E-state index in [1.54, 1.807) is 0 Å². The summed E-state index contributed by atoms with van der Waals surface area (Å²) in [5.41, 5.74) is 1.01. The van der Waals surface area contributed by atoms with Crippen LogP contribution < -0.4 is 5.32 Å². The number of hydrogen-bond donors (Lipinski definition) is 1. The molecule has 1 N–H and O–H groups in total. The number of aromatic nitrogens is 1. The molecule has 4 nitrogen and oxygen atoms in total. The molecule has 1 aromatic heterocycles. The van der Waals surface area contributed by atoms with Crippen LogP contribution in [0.1, 0.15) is 32.2 Å². The van der Waals surface area contributed by atoms with Gasteiger partial charge in [0.15, 0.2) is 5.76 Å². The van der Waals surface area contributed by atoms with Gasteiger partial charge in [0.2, 0.25) is 0 Å². The fourth-order valence-electron chi connectivity index (χ4n) is 2.26. The second-order valence-electron chi connectivity index (χ2n) is 5.73. The van der Waals surface area contributed by atoms with Gasteiger partial charge in [-0.25, -0.2) is 0 Å². The molecule has 1 aliphatic heterocycles. The fourth-order valence-corrected chi connectivity index (χ4v) is 3.34. The lowest BCUT2D eigenvalue weighted by Gasteiger charge is -2.29. The first-order valence-corrected chi connectivity index (χ1v) is 8.17. The van der Waals surface area contributed by atoms with Crippen molar-refractivity contribution in [1.29, 1.82) is 0 Å². The molecule has 1 fully saturated rings. The van der Waals surface area contributed by atoms with Gasteiger partial charge in [0, 0.05) is 36.7 Å². The Labute approximate surface area is 120 Å². The second-order valence-corrected chi connectivity index (χ2v) is 7.27. The molecule has 0 amide bonds. The Morgan fingerprint density at radius 2 is 2.42 bits per heavy atom. The van der Waals surface area contributed by atoms with E-state index in [0.717, 1.165) is 49.4 Å². The largest absolute Gasteiger partial charge is 0.360 e. The topological polar surface area (TPSA) is 41.3 Å². The van der Waals surface area contributed by atoms with Crippen molar-refractivity contribution < 1.29 is 4.52 Å². The first-order chi connectivity index (χ1) is 9.13. The van der Waals surface area contributed by atoms with Gasteiger partial charge in [-0.2, -0.15) is 11.8 Å². The van der Waals surface area contributed by atoms with Crippen LogP contribution in [0.3, 0.4) is 0 Å². The van der Waals surface area contributed by atoms with Gasteiger partial charge in [-0.3, -0.25) is 4.90 Å². The van der Waals surface area contributed by atoms with Crippen LogP contribution in [-0.4, -0.2) is 40.7 Å². The lowest BCUT2D eigenvalue weighted by molar-refractivity contribution is 0.239. The molecular formula is C14H25N3OS. The zero-order valence-corrected chi connectivity index (χ0v) is 13.0. The zero-order valence-electron chi connectivity index (χ0n) is 12.2. The first-order valence-electron chi connectivity index (χ1n) is 7.12. The fraction of sp³-hybridized carbons (Fsp3) is 0.786. The van der Waals surface area contributed by atoms with Crippen molar-refractivity contribution in [3.05, 3.63) is 17.5 Å². The summed E-state index contributed by atoms with van der Waals surface area (Å²) in [6.45, 7) is 11.7. The summed E-state index contributed by atoms with van der Waals surface area (Å²) >= 11 is 2.05. The second kappa shape index (κ2) is 7.31. The van der Waals surface area contributed by atoms with Gasteiger partial charge in [-0.05, 0) is 12.5 Å². The molecular weight excluding hydrogens is 258 g/mol. The third-order valence-electron chi connectivity index (χ3n) is 3.17. The van der Waals surface area contributed by atoms with E-state index in [9.17, 15) is 0 Å². The molecule has 1 saturated heterocycles. The maximum absolute atomic E-state index is 5.42. The SMILES string of the molecule is CC(C)CNCc1cc(CN2CCSC(C)C2)on1. The molecule has 1 unspecified atom stereocenters. The Morgan fingerprint density at radius 1 is 1.58 bits per heavy atom. The summed E-state index contributed by atoms with van der Waals surface area (Å²) in [5, 5.41) is 8.24. The van der Waals surface area contributed by atoms with Gasteiger partial charge >= 0.3 is 0 Å². The van der Waals surface area contributed by atoms with Crippen LogP contribution in [0.4, 0.5) is 0 Å². The third kappa shape index (κ3) is 5.16. The highest BCUT2D eigenvalue weighted by molar-refractivity contribution is 7.99. The van der Waals surface area contributed by atoms with E-state index in [2.05, 4.69) is 54.0 Å². The van der Waals surface area contributed by atoms with Crippen LogP contribution in [-0.2, 0) is 13.1 Å². The average molecular weight is 283 g/mol. The summed E-state index contributed by atoms with van der Waals surface area (Å²) in [5.74, 6) is 2.87. The van der Waals surface area contributed by atoms with E-state index in [1.807, 2.05) is 0 Å². The van der Waals surface area contributed by atoms with E-state index in [1.165, 1.54) is 5.75 Å². The van der Waals surface area contributed by atoms with Gasteiger partial charge in [-0.1, -0.05) is 25.9 Å². The number of thioether (sulfide) groups is 1. The average Bonchev–Trinajstić information content (AvgIpc) is 2.76. The minimum absolute atomic E-state index is 0.665. The highest BCUT2D eigenvalue weighted by Crippen LogP contribution is 2.19.